The molecule has 0 aromatic carbocycles. The first-order valence-electron chi connectivity index (χ1n) is 15.4. The summed E-state index contributed by atoms with van der Waals surface area (Å²) in [4.78, 5) is 65.6. The van der Waals surface area contributed by atoms with Crippen molar-refractivity contribution >= 4 is 29.8 Å². The number of halogens is 1. The van der Waals surface area contributed by atoms with E-state index in [-0.39, 0.29) is 44.7 Å². The Balaban J connectivity index is 1.35. The zero-order valence-corrected chi connectivity index (χ0v) is 26.4. The Hall–Kier alpha value is -3.52. The van der Waals surface area contributed by atoms with Crippen LogP contribution in [0.4, 0.5) is 14.0 Å². The van der Waals surface area contributed by atoms with Crippen LogP contribution in [-0.2, 0) is 33.4 Å². The first-order valence-corrected chi connectivity index (χ1v) is 15.4. The molecule has 0 bridgehead atoms. The van der Waals surface area contributed by atoms with E-state index in [2.05, 4.69) is 9.57 Å². The number of rotatable bonds is 13. The van der Waals surface area contributed by atoms with E-state index >= 15 is 4.39 Å². The van der Waals surface area contributed by atoms with Gasteiger partial charge in [0, 0.05) is 16.7 Å². The zero-order chi connectivity index (χ0) is 35.7. The molecule has 17 nitrogen and oxygen atoms in total. The van der Waals surface area contributed by atoms with Gasteiger partial charge in [-0.1, -0.05) is 18.6 Å². The highest BCUT2D eigenvalue weighted by molar-refractivity contribution is 6.01. The van der Waals surface area contributed by atoms with Gasteiger partial charge in [-0.05, 0) is 63.5 Å². The Morgan fingerprint density at radius 2 is 1.75 bits per heavy atom. The molecule has 0 heterocycles. The van der Waals surface area contributed by atoms with Crippen LogP contribution < -0.4 is 5.32 Å². The quantitative estimate of drug-likeness (QED) is 0.0800. The van der Waals surface area contributed by atoms with Crippen molar-refractivity contribution in [3.8, 4) is 0 Å². The average Bonchev–Trinajstić information content (AvgIpc) is 3.21. The van der Waals surface area contributed by atoms with Gasteiger partial charge in [-0.3, -0.25) is 24.8 Å². The third-order valence-corrected chi connectivity index (χ3v) is 10.5. The summed E-state index contributed by atoms with van der Waals surface area (Å²) in [5.41, 5.74) is -7.21. The number of aliphatic hydroxyl groups excluding tert-OH is 2. The van der Waals surface area contributed by atoms with E-state index in [1.54, 1.807) is 6.92 Å². The second-order valence-electron chi connectivity index (χ2n) is 13.0. The molecule has 0 spiro atoms. The number of carbonyl (C=O) groups excluding carboxylic acids is 4. The van der Waals surface area contributed by atoms with Gasteiger partial charge >= 0.3 is 18.2 Å². The number of hydrogen-bond acceptors (Lipinski definition) is 15. The van der Waals surface area contributed by atoms with Crippen molar-refractivity contribution in [3.05, 3.63) is 23.8 Å². The van der Waals surface area contributed by atoms with Crippen LogP contribution in [0.3, 0.4) is 0 Å². The Morgan fingerprint density at radius 3 is 2.42 bits per heavy atom. The Labute approximate surface area is 273 Å². The molecule has 0 saturated heterocycles. The van der Waals surface area contributed by atoms with Crippen molar-refractivity contribution in [2.75, 3.05) is 26.4 Å². The second-order valence-corrected chi connectivity index (χ2v) is 13.0. The van der Waals surface area contributed by atoms with E-state index in [4.69, 9.17) is 19.9 Å². The molecular formula is C30H41FN2O15. The molecule has 9 atom stereocenters. The number of Topliss-reactive ketones (excluding diaryl/α,β-unsaturated/α-hetero) is 1. The molecule has 0 aliphatic heterocycles. The topological polar surface area (TPSA) is 259 Å². The van der Waals surface area contributed by atoms with Gasteiger partial charge in [-0.25, -0.2) is 18.8 Å². The molecule has 3 fully saturated rings. The number of carboxylic acid groups (broad SMARTS) is 1. The fraction of sp³-hybridized carbons (Fsp3) is 0.700. The van der Waals surface area contributed by atoms with Gasteiger partial charge in [0.1, 0.15) is 6.61 Å². The molecule has 1 unspecified atom stereocenters. The van der Waals surface area contributed by atoms with E-state index in [0.29, 0.717) is 12.0 Å². The summed E-state index contributed by atoms with van der Waals surface area (Å²) in [6.07, 6.45) is -1.70. The number of unbranched alkanes of at least 4 members (excludes halogenated alkanes) is 1. The SMILES string of the molecule is C[C@]12C=CC(=O)C=C1CC[C@H]1[C@@H]3C[C@@H](O)[C@](O)(C(=O)COC(=O)NC(COC(=O)OCCCCON(O)O)C(=O)O)[C@@]3(C)C[C@H](O)[C@@]12F. The zero-order valence-electron chi connectivity index (χ0n) is 26.4. The van der Waals surface area contributed by atoms with Gasteiger partial charge in [-0.2, -0.15) is 0 Å². The molecule has 0 aromatic heterocycles. The third kappa shape index (κ3) is 6.57. The largest absolute Gasteiger partial charge is 0.508 e. The number of ether oxygens (including phenoxy) is 3. The van der Waals surface area contributed by atoms with Crippen LogP contribution in [0.15, 0.2) is 23.8 Å². The summed E-state index contributed by atoms with van der Waals surface area (Å²) in [7, 11) is 0. The minimum Gasteiger partial charge on any atom is -0.480 e. The molecule has 48 heavy (non-hydrogen) atoms. The molecule has 0 radical (unpaired) electrons. The van der Waals surface area contributed by atoms with Gasteiger partial charge in [0.2, 0.25) is 5.78 Å². The second kappa shape index (κ2) is 14.1. The maximum absolute atomic E-state index is 17.2. The number of alkyl carbamates (subject to hydrolysis) is 1. The molecule has 4 aliphatic rings. The van der Waals surface area contributed by atoms with Gasteiger partial charge in [0.25, 0.3) is 0 Å². The molecule has 4 aliphatic carbocycles. The molecule has 1 amide bonds. The summed E-state index contributed by atoms with van der Waals surface area (Å²) >= 11 is 0. The van der Waals surface area contributed by atoms with Crippen molar-refractivity contribution in [2.45, 2.75) is 81.9 Å². The number of ketones is 2. The standard InChI is InChI=1S/C30H41FN2O15/c1-27-8-7-17(34)11-16(27)5-6-18-19-12-21(35)30(42,28(19,2)13-22(36)29(18,27)31)23(37)15-46-25(40)32-20(24(38)39)14-47-26(41)45-9-3-4-10-48-33(43)44/h7-8,11,18-22,35-36,42-44H,3-6,9-10,12-15H2,1-2H3,(H,32,40)(H,38,39)/t18-,19-,20?,21+,22-,27-,28-,29-,30-/m0/s1. The monoisotopic (exact) mass is 688 g/mol. The highest BCUT2D eigenvalue weighted by Gasteiger charge is 2.76. The van der Waals surface area contributed by atoms with E-state index in [1.165, 1.54) is 25.2 Å². The van der Waals surface area contributed by atoms with Crippen molar-refractivity contribution in [1.82, 2.24) is 10.7 Å². The maximum Gasteiger partial charge on any atom is 0.508 e. The van der Waals surface area contributed by atoms with Crippen LogP contribution in [0.1, 0.15) is 52.4 Å². The van der Waals surface area contributed by atoms with Crippen molar-refractivity contribution in [1.29, 1.82) is 0 Å². The first kappa shape index (κ1) is 37.3. The van der Waals surface area contributed by atoms with Crippen LogP contribution in [0.5, 0.6) is 0 Å². The smallest absolute Gasteiger partial charge is 0.480 e. The lowest BCUT2D eigenvalue weighted by atomic mass is 9.44. The minimum absolute atomic E-state index is 0.0993. The number of allylic oxidation sites excluding steroid dienone is 4. The molecule has 18 heteroatoms. The molecule has 4 rings (SSSR count). The van der Waals surface area contributed by atoms with E-state index < -0.39 is 101 Å². The lowest BCUT2D eigenvalue weighted by Gasteiger charge is -2.62. The van der Waals surface area contributed by atoms with Gasteiger partial charge in [0.05, 0.1) is 30.8 Å². The Morgan fingerprint density at radius 1 is 1.06 bits per heavy atom. The number of nitrogens with zero attached hydrogens (tertiary/aromatic N) is 1. The Kier molecular flexibility index (Phi) is 11.0. The number of amides is 1. The van der Waals surface area contributed by atoms with Crippen molar-refractivity contribution in [3.63, 3.8) is 0 Å². The molecule has 0 aromatic rings. The minimum atomic E-state index is -2.57. The highest BCUT2D eigenvalue weighted by atomic mass is 19.1. The van der Waals surface area contributed by atoms with Crippen LogP contribution in [0.25, 0.3) is 0 Å². The van der Waals surface area contributed by atoms with Crippen molar-refractivity contribution in [2.24, 2.45) is 22.7 Å². The van der Waals surface area contributed by atoms with Gasteiger partial charge in [0.15, 0.2) is 29.7 Å². The molecular weight excluding hydrogens is 647 g/mol. The number of carbonyl (C=O) groups is 5. The van der Waals surface area contributed by atoms with Crippen molar-refractivity contribution < 1.29 is 78.3 Å². The summed E-state index contributed by atoms with van der Waals surface area (Å²) in [5.74, 6) is -4.78. The summed E-state index contributed by atoms with van der Waals surface area (Å²) in [6, 6.07) is -1.84. The molecule has 268 valence electrons. The predicted molar refractivity (Wildman–Crippen MR) is 154 cm³/mol. The van der Waals surface area contributed by atoms with Gasteiger partial charge in [-0.15, -0.1) is 0 Å². The number of hydrogen-bond donors (Lipinski definition) is 7. The van der Waals surface area contributed by atoms with Crippen LogP contribution in [-0.4, -0.2) is 122 Å². The van der Waals surface area contributed by atoms with Crippen LogP contribution in [0, 0.1) is 22.7 Å². The van der Waals surface area contributed by atoms with Crippen LogP contribution in [0.2, 0.25) is 0 Å². The number of carboxylic acids is 1. The normalized spacial score (nSPS) is 35.9. The first-order chi connectivity index (χ1) is 22.4. The van der Waals surface area contributed by atoms with E-state index in [9.17, 15) is 44.4 Å². The number of alkyl halides is 1. The molecule has 3 saturated carbocycles. The summed E-state index contributed by atoms with van der Waals surface area (Å²) in [6.45, 7) is 0.765. The fourth-order valence-electron chi connectivity index (χ4n) is 8.03. The number of fused-ring (bicyclic) bond motifs is 5. The van der Waals surface area contributed by atoms with Crippen LogP contribution >= 0.6 is 0 Å². The lowest BCUT2D eigenvalue weighted by Crippen LogP contribution is -2.69. The highest BCUT2D eigenvalue weighted by Crippen LogP contribution is 2.69. The number of aliphatic hydroxyl groups is 3. The maximum atomic E-state index is 17.2. The van der Waals surface area contributed by atoms with E-state index in [1.807, 2.05) is 5.32 Å². The third-order valence-electron chi connectivity index (χ3n) is 10.5. The fourth-order valence-corrected chi connectivity index (χ4v) is 8.03. The Bertz CT molecular complexity index is 1360. The number of nitrogens with one attached hydrogen (secondary N) is 1. The number of aliphatic carboxylic acids is 1. The summed E-state index contributed by atoms with van der Waals surface area (Å²) in [5, 5.41) is 61.8. The van der Waals surface area contributed by atoms with Gasteiger partial charge < -0.3 is 40.0 Å². The predicted octanol–water partition coefficient (Wildman–Crippen LogP) is 0.753. The molecule has 7 N–H and O–H groups in total. The average molecular weight is 689 g/mol. The summed E-state index contributed by atoms with van der Waals surface area (Å²) < 4.78 is 31.5. The van der Waals surface area contributed by atoms with E-state index in [0.717, 1.165) is 0 Å². The lowest BCUT2D eigenvalue weighted by molar-refractivity contribution is -0.492.